The van der Waals surface area contributed by atoms with Gasteiger partial charge in [0.1, 0.15) is 0 Å². The van der Waals surface area contributed by atoms with E-state index in [1.54, 1.807) is 0 Å². The SMILES string of the molecule is CCC(NC)c1ccc(-c2cc(C)c(C)cc2C)cc1. The molecular weight excluding hydrogens is 242 g/mol. The van der Waals surface area contributed by atoms with Gasteiger partial charge in [-0.2, -0.15) is 0 Å². The van der Waals surface area contributed by atoms with Crippen LogP contribution in [0.1, 0.15) is 41.6 Å². The largest absolute Gasteiger partial charge is 0.313 e. The number of aryl methyl sites for hydroxylation is 3. The molecule has 0 heterocycles. The molecule has 0 aliphatic rings. The van der Waals surface area contributed by atoms with Crippen LogP contribution in [0.2, 0.25) is 0 Å². The first-order chi connectivity index (χ1) is 9.56. The quantitative estimate of drug-likeness (QED) is 0.826. The summed E-state index contributed by atoms with van der Waals surface area (Å²) in [5, 5.41) is 3.36. The third-order valence-corrected chi connectivity index (χ3v) is 4.22. The highest BCUT2D eigenvalue weighted by Crippen LogP contribution is 2.28. The molecule has 0 saturated carbocycles. The fourth-order valence-electron chi connectivity index (χ4n) is 2.77. The molecule has 2 aromatic rings. The van der Waals surface area contributed by atoms with Gasteiger partial charge in [0, 0.05) is 6.04 Å². The van der Waals surface area contributed by atoms with E-state index in [0.717, 1.165) is 6.42 Å². The van der Waals surface area contributed by atoms with Gasteiger partial charge in [-0.3, -0.25) is 0 Å². The lowest BCUT2D eigenvalue weighted by molar-refractivity contribution is 0.577. The molecular formula is C19H25N. The maximum absolute atomic E-state index is 3.36. The monoisotopic (exact) mass is 267 g/mol. The normalized spacial score (nSPS) is 12.4. The second kappa shape index (κ2) is 6.23. The fraction of sp³-hybridized carbons (Fsp3) is 0.368. The van der Waals surface area contributed by atoms with Gasteiger partial charge in [-0.1, -0.05) is 43.3 Å². The van der Waals surface area contributed by atoms with Crippen molar-refractivity contribution >= 4 is 0 Å². The van der Waals surface area contributed by atoms with Gasteiger partial charge in [-0.05, 0) is 67.6 Å². The second-order valence-electron chi connectivity index (χ2n) is 5.62. The smallest absolute Gasteiger partial charge is 0.0314 e. The Bertz CT molecular complexity index is 577. The molecule has 1 heteroatoms. The second-order valence-corrected chi connectivity index (χ2v) is 5.62. The molecule has 0 fully saturated rings. The Morgan fingerprint density at radius 3 is 2.05 bits per heavy atom. The molecule has 0 radical (unpaired) electrons. The van der Waals surface area contributed by atoms with E-state index in [9.17, 15) is 0 Å². The summed E-state index contributed by atoms with van der Waals surface area (Å²) < 4.78 is 0. The standard InChI is InChI=1S/C19H25N/c1-6-19(20-5)17-9-7-16(8-10-17)18-12-14(3)13(2)11-15(18)4/h7-12,19-20H,6H2,1-5H3. The summed E-state index contributed by atoms with van der Waals surface area (Å²) in [5.41, 5.74) is 8.08. The summed E-state index contributed by atoms with van der Waals surface area (Å²) in [4.78, 5) is 0. The van der Waals surface area contributed by atoms with Crippen LogP contribution in [0.5, 0.6) is 0 Å². The van der Waals surface area contributed by atoms with Crippen molar-refractivity contribution in [3.63, 3.8) is 0 Å². The van der Waals surface area contributed by atoms with Gasteiger partial charge in [-0.15, -0.1) is 0 Å². The topological polar surface area (TPSA) is 12.0 Å². The van der Waals surface area contributed by atoms with Crippen molar-refractivity contribution in [2.24, 2.45) is 0 Å². The minimum Gasteiger partial charge on any atom is -0.313 e. The first-order valence-electron chi connectivity index (χ1n) is 7.42. The molecule has 0 saturated heterocycles. The Labute approximate surface area is 123 Å². The highest BCUT2D eigenvalue weighted by molar-refractivity contribution is 5.69. The molecule has 2 aromatic carbocycles. The van der Waals surface area contributed by atoms with Gasteiger partial charge >= 0.3 is 0 Å². The van der Waals surface area contributed by atoms with Crippen LogP contribution < -0.4 is 5.32 Å². The van der Waals surface area contributed by atoms with Crippen LogP contribution in [0.3, 0.4) is 0 Å². The first-order valence-corrected chi connectivity index (χ1v) is 7.42. The number of hydrogen-bond donors (Lipinski definition) is 1. The van der Waals surface area contributed by atoms with E-state index < -0.39 is 0 Å². The number of rotatable bonds is 4. The lowest BCUT2D eigenvalue weighted by atomic mass is 9.94. The average Bonchev–Trinajstić information content (AvgIpc) is 2.45. The Morgan fingerprint density at radius 2 is 1.50 bits per heavy atom. The zero-order valence-electron chi connectivity index (χ0n) is 13.2. The fourth-order valence-corrected chi connectivity index (χ4v) is 2.77. The van der Waals surface area contributed by atoms with E-state index in [1.165, 1.54) is 33.4 Å². The van der Waals surface area contributed by atoms with Gasteiger partial charge in [0.05, 0.1) is 0 Å². The van der Waals surface area contributed by atoms with Crippen LogP contribution >= 0.6 is 0 Å². The number of benzene rings is 2. The molecule has 2 rings (SSSR count). The van der Waals surface area contributed by atoms with Crippen LogP contribution in [0.25, 0.3) is 11.1 Å². The van der Waals surface area contributed by atoms with Gasteiger partial charge in [0.15, 0.2) is 0 Å². The van der Waals surface area contributed by atoms with Crippen LogP contribution in [0.4, 0.5) is 0 Å². The highest BCUT2D eigenvalue weighted by Gasteiger charge is 2.08. The minimum atomic E-state index is 0.449. The Kier molecular flexibility index (Phi) is 4.61. The van der Waals surface area contributed by atoms with Crippen molar-refractivity contribution in [3.8, 4) is 11.1 Å². The predicted molar refractivity (Wildman–Crippen MR) is 88.2 cm³/mol. The molecule has 106 valence electrons. The van der Waals surface area contributed by atoms with E-state index in [1.807, 2.05) is 7.05 Å². The van der Waals surface area contributed by atoms with Crippen LogP contribution in [0.15, 0.2) is 36.4 Å². The summed E-state index contributed by atoms with van der Waals surface area (Å²) in [7, 11) is 2.02. The molecule has 20 heavy (non-hydrogen) atoms. The first kappa shape index (κ1) is 14.8. The zero-order valence-corrected chi connectivity index (χ0v) is 13.2. The van der Waals surface area contributed by atoms with E-state index >= 15 is 0 Å². The summed E-state index contributed by atoms with van der Waals surface area (Å²) in [6.07, 6.45) is 1.11. The van der Waals surface area contributed by atoms with Crippen molar-refractivity contribution in [3.05, 3.63) is 58.7 Å². The Hall–Kier alpha value is -1.60. The maximum atomic E-state index is 3.36. The van der Waals surface area contributed by atoms with E-state index in [-0.39, 0.29) is 0 Å². The van der Waals surface area contributed by atoms with Crippen molar-refractivity contribution in [2.45, 2.75) is 40.2 Å². The summed E-state index contributed by atoms with van der Waals surface area (Å²) in [6.45, 7) is 8.76. The van der Waals surface area contributed by atoms with E-state index in [4.69, 9.17) is 0 Å². The molecule has 0 aromatic heterocycles. The van der Waals surface area contributed by atoms with Crippen molar-refractivity contribution in [1.29, 1.82) is 0 Å². The Morgan fingerprint density at radius 1 is 0.900 bits per heavy atom. The summed E-state index contributed by atoms with van der Waals surface area (Å²) in [5.74, 6) is 0. The lowest BCUT2D eigenvalue weighted by Crippen LogP contribution is -2.14. The molecule has 0 aliphatic heterocycles. The number of hydrogen-bond acceptors (Lipinski definition) is 1. The van der Waals surface area contributed by atoms with E-state index in [0.29, 0.717) is 6.04 Å². The molecule has 1 N–H and O–H groups in total. The predicted octanol–water partition coefficient (Wildman–Crippen LogP) is 4.95. The summed E-state index contributed by atoms with van der Waals surface area (Å²) >= 11 is 0. The zero-order chi connectivity index (χ0) is 14.7. The summed E-state index contributed by atoms with van der Waals surface area (Å²) in [6, 6.07) is 14.0. The molecule has 1 unspecified atom stereocenters. The molecule has 0 aliphatic carbocycles. The van der Waals surface area contributed by atoms with Crippen LogP contribution in [-0.2, 0) is 0 Å². The van der Waals surface area contributed by atoms with Crippen molar-refractivity contribution < 1.29 is 0 Å². The van der Waals surface area contributed by atoms with Crippen LogP contribution in [0, 0.1) is 20.8 Å². The average molecular weight is 267 g/mol. The van der Waals surface area contributed by atoms with Gasteiger partial charge in [0.25, 0.3) is 0 Å². The van der Waals surface area contributed by atoms with Crippen molar-refractivity contribution in [2.75, 3.05) is 7.05 Å². The maximum Gasteiger partial charge on any atom is 0.0314 e. The molecule has 0 amide bonds. The van der Waals surface area contributed by atoms with Crippen LogP contribution in [-0.4, -0.2) is 7.05 Å². The number of nitrogens with one attached hydrogen (secondary N) is 1. The Balaban J connectivity index is 2.37. The van der Waals surface area contributed by atoms with Gasteiger partial charge in [0.2, 0.25) is 0 Å². The minimum absolute atomic E-state index is 0.449. The van der Waals surface area contributed by atoms with E-state index in [2.05, 4.69) is 69.4 Å². The highest BCUT2D eigenvalue weighted by atomic mass is 14.9. The molecule has 1 atom stereocenters. The van der Waals surface area contributed by atoms with Gasteiger partial charge in [-0.25, -0.2) is 0 Å². The third kappa shape index (κ3) is 2.94. The van der Waals surface area contributed by atoms with Crippen molar-refractivity contribution in [1.82, 2.24) is 5.32 Å². The lowest BCUT2D eigenvalue weighted by Gasteiger charge is -2.15. The molecule has 0 spiro atoms. The molecule has 1 nitrogen and oxygen atoms in total. The molecule has 0 bridgehead atoms. The third-order valence-electron chi connectivity index (χ3n) is 4.22. The van der Waals surface area contributed by atoms with Gasteiger partial charge < -0.3 is 5.32 Å².